The molecule has 0 aliphatic carbocycles. The number of sulfonamides is 1. The highest BCUT2D eigenvalue weighted by Gasteiger charge is 2.34. The number of aliphatic carboxylic acids is 1. The number of nitrogens with one attached hydrogen (secondary N) is 6. The van der Waals surface area contributed by atoms with Crippen LogP contribution in [0.2, 0.25) is 0 Å². The number of azide groups is 1. The Hall–Kier alpha value is -6.08. The van der Waals surface area contributed by atoms with Crippen LogP contribution in [0.3, 0.4) is 0 Å². The maximum absolute atomic E-state index is 14.1. The lowest BCUT2D eigenvalue weighted by atomic mass is 9.96. The van der Waals surface area contributed by atoms with Crippen molar-refractivity contribution in [3.8, 4) is 0 Å². The van der Waals surface area contributed by atoms with Gasteiger partial charge in [-0.25, -0.2) is 13.1 Å². The number of hydrogen-bond donors (Lipinski definition) is 7. The zero-order valence-corrected chi connectivity index (χ0v) is 43.5. The highest BCUT2D eigenvalue weighted by molar-refractivity contribution is 7.99. The van der Waals surface area contributed by atoms with Crippen molar-refractivity contribution in [2.45, 2.75) is 116 Å². The van der Waals surface area contributed by atoms with Gasteiger partial charge in [-0.3, -0.25) is 24.0 Å². The van der Waals surface area contributed by atoms with Crippen molar-refractivity contribution >= 4 is 73.5 Å². The average Bonchev–Trinajstić information content (AvgIpc) is 3.32. The fourth-order valence-corrected chi connectivity index (χ4v) is 9.50. The number of rotatable bonds is 30. The van der Waals surface area contributed by atoms with Crippen LogP contribution in [-0.4, -0.2) is 106 Å². The van der Waals surface area contributed by atoms with E-state index in [1.807, 2.05) is 69.2 Å². The summed E-state index contributed by atoms with van der Waals surface area (Å²) in [5.41, 5.74) is 13.7. The summed E-state index contributed by atoms with van der Waals surface area (Å²) in [6, 6.07) is 13.4. The minimum Gasteiger partial charge on any atom is -0.480 e. The van der Waals surface area contributed by atoms with Gasteiger partial charge in [-0.05, 0) is 93.7 Å². The maximum Gasteiger partial charge on any atom is 0.325 e. The first-order chi connectivity index (χ1) is 33.2. The third kappa shape index (κ3) is 19.0. The lowest BCUT2D eigenvalue weighted by Crippen LogP contribution is -2.60. The van der Waals surface area contributed by atoms with Crippen LogP contribution in [0.15, 0.2) is 94.0 Å². The Kier molecular flexibility index (Phi) is 24.3. The summed E-state index contributed by atoms with van der Waals surface area (Å²) in [5, 5.41) is 28.1. The molecule has 4 amide bonds. The number of fused-ring (bicyclic) bond motifs is 1. The molecule has 0 saturated carbocycles. The molecule has 0 bridgehead atoms. The number of carboxylic acid groups (broad SMARTS) is 1. The topological polar surface area (TPSA) is 264 Å². The SMILES string of the molecule is CC[C@H](C)[C@H](NC(=O)[C@@H](NC(=O)[C@H](CSC/C=C(\C)CC/C=C(\C)CCCNc1cccc(CN=[N+]=[N-])c1)NC(=O)CNS(=O)(=O)c1cccc2c(N(C)C)cccc12)C(C)C)C(=O)N[C@@H](C)C(=O)O. The van der Waals surface area contributed by atoms with Gasteiger partial charge in [0.25, 0.3) is 0 Å². The molecule has 3 aromatic carbocycles. The van der Waals surface area contributed by atoms with E-state index >= 15 is 0 Å². The number of carbonyl (C=O) groups excluding carboxylic acids is 4. The van der Waals surface area contributed by atoms with E-state index in [1.165, 1.54) is 30.3 Å². The van der Waals surface area contributed by atoms with Crippen molar-refractivity contribution in [1.82, 2.24) is 26.0 Å². The first kappa shape index (κ1) is 58.2. The number of allylic oxidation sites excluding steroid dienone is 3. The third-order valence-corrected chi connectivity index (χ3v) is 14.1. The molecule has 0 saturated heterocycles. The Bertz CT molecular complexity index is 2490. The van der Waals surface area contributed by atoms with Crippen molar-refractivity contribution in [3.05, 3.63) is 100.0 Å². The molecule has 70 heavy (non-hydrogen) atoms. The van der Waals surface area contributed by atoms with Gasteiger partial charge in [0, 0.05) is 59.2 Å². The predicted molar refractivity (Wildman–Crippen MR) is 280 cm³/mol. The van der Waals surface area contributed by atoms with Crippen LogP contribution in [0.1, 0.15) is 86.1 Å². The van der Waals surface area contributed by atoms with E-state index in [-0.39, 0.29) is 16.6 Å². The normalized spacial score (nSPS) is 14.1. The molecule has 5 atom stereocenters. The molecule has 18 nitrogen and oxygen atoms in total. The highest BCUT2D eigenvalue weighted by Crippen LogP contribution is 2.30. The van der Waals surface area contributed by atoms with Crippen molar-refractivity contribution in [2.24, 2.45) is 17.0 Å². The fourth-order valence-electron chi connectivity index (χ4n) is 7.28. The monoisotopic (exact) mass is 1000 g/mol. The molecule has 0 radical (unpaired) electrons. The lowest BCUT2D eigenvalue weighted by molar-refractivity contribution is -0.142. The van der Waals surface area contributed by atoms with Gasteiger partial charge in [0.15, 0.2) is 0 Å². The molecule has 0 aliphatic heterocycles. The van der Waals surface area contributed by atoms with Gasteiger partial charge in [-0.15, -0.1) is 0 Å². The second-order valence-corrected chi connectivity index (χ2v) is 20.7. The number of nitrogens with zero attached hydrogens (tertiary/aromatic N) is 4. The number of carboxylic acids is 1. The van der Waals surface area contributed by atoms with Crippen LogP contribution >= 0.6 is 11.8 Å². The van der Waals surface area contributed by atoms with Crippen LogP contribution in [-0.2, 0) is 40.5 Å². The highest BCUT2D eigenvalue weighted by atomic mass is 32.2. The molecule has 0 aromatic heterocycles. The Morgan fingerprint density at radius 1 is 0.843 bits per heavy atom. The molecular formula is C50H72N10O8S2. The van der Waals surface area contributed by atoms with E-state index in [1.54, 1.807) is 39.0 Å². The first-order valence-electron chi connectivity index (χ1n) is 23.5. The number of amides is 4. The zero-order valence-electron chi connectivity index (χ0n) is 41.9. The molecule has 0 spiro atoms. The predicted octanol–water partition coefficient (Wildman–Crippen LogP) is 7.04. The summed E-state index contributed by atoms with van der Waals surface area (Å²) in [4.78, 5) is 70.8. The zero-order chi connectivity index (χ0) is 52.0. The Balaban J connectivity index is 1.70. The van der Waals surface area contributed by atoms with Crippen LogP contribution in [0.5, 0.6) is 0 Å². The van der Waals surface area contributed by atoms with Gasteiger partial charge in [-0.1, -0.05) is 98.9 Å². The van der Waals surface area contributed by atoms with E-state index in [2.05, 4.69) is 60.4 Å². The van der Waals surface area contributed by atoms with E-state index in [9.17, 15) is 37.5 Å². The van der Waals surface area contributed by atoms with Crippen LogP contribution in [0.25, 0.3) is 21.2 Å². The largest absolute Gasteiger partial charge is 0.480 e. The standard InChI is InChI=1S/C50H72N10O8S2/c1-10-35(6)46(49(64)55-36(7)50(65)66)58-48(63)45(32(2)3)57-47(62)41(56-44(61)30-54-70(67,68)43-24-14-21-39-40(43)22-13-23-42(39)60(8)9)31-69-27-25-34(5)17-11-16-33(4)18-15-26-52-38-20-12-19-37(28-38)29-53-59-51/h12-14,16,19-25,28,32,35-36,41,45-46,52,54H,10-11,15,17-18,26-27,29-31H2,1-9H3,(H,55,64)(H,56,61)(H,57,62)(H,58,63)(H,65,66)/b33-16+,34-25+/t35-,36-,41-,45-,46-/m0/s1. The Morgan fingerprint density at radius 3 is 2.17 bits per heavy atom. The van der Waals surface area contributed by atoms with Gasteiger partial charge in [0.2, 0.25) is 33.7 Å². The minimum absolute atomic E-state index is 0.0111. The Labute approximate surface area is 417 Å². The molecule has 0 aliphatic rings. The molecule has 382 valence electrons. The molecule has 3 aromatic rings. The molecule has 7 N–H and O–H groups in total. The van der Waals surface area contributed by atoms with Gasteiger partial charge < -0.3 is 36.6 Å². The summed E-state index contributed by atoms with van der Waals surface area (Å²) in [5.74, 6) is -4.35. The number of benzene rings is 3. The van der Waals surface area contributed by atoms with Crippen molar-refractivity contribution in [3.63, 3.8) is 0 Å². The molecule has 0 heterocycles. The molecular weight excluding hydrogens is 933 g/mol. The van der Waals surface area contributed by atoms with Crippen LogP contribution in [0.4, 0.5) is 11.4 Å². The van der Waals surface area contributed by atoms with Gasteiger partial charge >= 0.3 is 5.97 Å². The first-order valence-corrected chi connectivity index (χ1v) is 26.2. The van der Waals surface area contributed by atoms with Crippen molar-refractivity contribution in [1.29, 1.82) is 0 Å². The van der Waals surface area contributed by atoms with Crippen LogP contribution < -0.4 is 36.2 Å². The van der Waals surface area contributed by atoms with Crippen molar-refractivity contribution < 1.29 is 37.5 Å². The van der Waals surface area contributed by atoms with E-state index in [4.69, 9.17) is 5.53 Å². The minimum atomic E-state index is -4.21. The summed E-state index contributed by atoms with van der Waals surface area (Å²) in [6.07, 6.45) is 8.30. The summed E-state index contributed by atoms with van der Waals surface area (Å²) in [6.45, 7) is 12.9. The fraction of sp³-hybridized carbons (Fsp3) is 0.500. The number of anilines is 2. The van der Waals surface area contributed by atoms with E-state index in [0.717, 1.165) is 54.7 Å². The van der Waals surface area contributed by atoms with Gasteiger partial charge in [-0.2, -0.15) is 11.8 Å². The average molecular weight is 1010 g/mol. The summed E-state index contributed by atoms with van der Waals surface area (Å²) in [7, 11) is -0.496. The lowest BCUT2D eigenvalue weighted by Gasteiger charge is -2.29. The quantitative estimate of drug-likeness (QED) is 0.0117. The van der Waals surface area contributed by atoms with Gasteiger partial charge in [0.05, 0.1) is 18.0 Å². The van der Waals surface area contributed by atoms with Gasteiger partial charge in [0.1, 0.15) is 24.2 Å². The second-order valence-electron chi connectivity index (χ2n) is 17.9. The Morgan fingerprint density at radius 2 is 1.50 bits per heavy atom. The summed E-state index contributed by atoms with van der Waals surface area (Å²) >= 11 is 1.38. The third-order valence-electron chi connectivity index (χ3n) is 11.7. The van der Waals surface area contributed by atoms with Crippen molar-refractivity contribution in [2.75, 3.05) is 48.9 Å². The number of thioether (sulfide) groups is 1. The smallest absolute Gasteiger partial charge is 0.325 e. The number of hydrogen-bond acceptors (Lipinski definition) is 11. The number of carbonyl (C=O) groups is 5. The molecule has 20 heteroatoms. The second kappa shape index (κ2) is 29.2. The maximum atomic E-state index is 14.1. The van der Waals surface area contributed by atoms with E-state index in [0.29, 0.717) is 29.5 Å². The van der Waals surface area contributed by atoms with Crippen LogP contribution in [0, 0.1) is 11.8 Å². The molecule has 0 unspecified atom stereocenters. The molecule has 3 rings (SSSR count). The summed E-state index contributed by atoms with van der Waals surface area (Å²) < 4.78 is 29.7. The van der Waals surface area contributed by atoms with E-state index < -0.39 is 76.3 Å². The molecule has 0 fully saturated rings.